The van der Waals surface area contributed by atoms with Gasteiger partial charge in [0.15, 0.2) is 0 Å². The van der Waals surface area contributed by atoms with Gasteiger partial charge in [-0.05, 0) is 6.07 Å². The Bertz CT molecular complexity index is 529. The van der Waals surface area contributed by atoms with E-state index < -0.39 is 0 Å². The first-order chi connectivity index (χ1) is 8.29. The van der Waals surface area contributed by atoms with E-state index in [-0.39, 0.29) is 0 Å². The Morgan fingerprint density at radius 1 is 1.47 bits per heavy atom. The number of anilines is 2. The molecule has 0 aliphatic rings. The van der Waals surface area contributed by atoms with Crippen LogP contribution >= 0.6 is 11.3 Å². The third-order valence-electron chi connectivity index (χ3n) is 2.20. The Balaban J connectivity index is 1.93. The van der Waals surface area contributed by atoms with Gasteiger partial charge in [-0.15, -0.1) is 11.3 Å². The Hall–Kier alpha value is -2.13. The normalized spacial score (nSPS) is 9.82. The average Bonchev–Trinajstić information content (AvgIpc) is 2.84. The third-order valence-corrected chi connectivity index (χ3v) is 2.84. The number of rotatable bonds is 4. The quantitative estimate of drug-likeness (QED) is 0.855. The van der Waals surface area contributed by atoms with Gasteiger partial charge < -0.3 is 11.1 Å². The SMILES string of the molecule is N#Cc1cnc(NCCc2cscn2)c(N)c1. The van der Waals surface area contributed by atoms with Crippen molar-refractivity contribution in [2.45, 2.75) is 6.42 Å². The fraction of sp³-hybridized carbons (Fsp3) is 0.182. The molecule has 3 N–H and O–H groups in total. The Kier molecular flexibility index (Phi) is 3.52. The topological polar surface area (TPSA) is 87.6 Å². The molecule has 2 rings (SSSR count). The zero-order valence-electron chi connectivity index (χ0n) is 9.05. The van der Waals surface area contributed by atoms with Crippen molar-refractivity contribution >= 4 is 22.8 Å². The molecule has 0 bridgehead atoms. The number of nitrogens with two attached hydrogens (primary N) is 1. The highest BCUT2D eigenvalue weighted by Gasteiger charge is 2.02. The number of aromatic nitrogens is 2. The van der Waals surface area contributed by atoms with Crippen LogP contribution in [0.25, 0.3) is 0 Å². The van der Waals surface area contributed by atoms with Crippen molar-refractivity contribution in [2.24, 2.45) is 0 Å². The molecule has 0 atom stereocenters. The smallest absolute Gasteiger partial charge is 0.149 e. The van der Waals surface area contributed by atoms with Crippen LogP contribution in [-0.2, 0) is 6.42 Å². The summed E-state index contributed by atoms with van der Waals surface area (Å²) in [5.74, 6) is 0.610. The number of nitrogens with one attached hydrogen (secondary N) is 1. The lowest BCUT2D eigenvalue weighted by atomic mass is 10.2. The van der Waals surface area contributed by atoms with E-state index in [1.165, 1.54) is 6.20 Å². The number of hydrogen-bond acceptors (Lipinski definition) is 6. The van der Waals surface area contributed by atoms with E-state index >= 15 is 0 Å². The standard InChI is InChI=1S/C11H11N5S/c12-4-8-3-10(13)11(15-5-8)14-2-1-9-6-17-7-16-9/h3,5-7H,1-2,13H2,(H,14,15). The Morgan fingerprint density at radius 2 is 2.35 bits per heavy atom. The number of nitrogens with zero attached hydrogens (tertiary/aromatic N) is 3. The summed E-state index contributed by atoms with van der Waals surface area (Å²) < 4.78 is 0. The first kappa shape index (κ1) is 11.4. The molecule has 2 heterocycles. The van der Waals surface area contributed by atoms with E-state index in [4.69, 9.17) is 11.0 Å². The highest BCUT2D eigenvalue weighted by Crippen LogP contribution is 2.15. The molecule has 2 aromatic heterocycles. The maximum absolute atomic E-state index is 8.68. The summed E-state index contributed by atoms with van der Waals surface area (Å²) in [6.45, 7) is 0.715. The molecular weight excluding hydrogens is 234 g/mol. The Morgan fingerprint density at radius 3 is 3.00 bits per heavy atom. The summed E-state index contributed by atoms with van der Waals surface area (Å²) in [6.07, 6.45) is 2.33. The molecule has 0 saturated carbocycles. The molecule has 0 aliphatic heterocycles. The molecule has 0 amide bonds. The van der Waals surface area contributed by atoms with Crippen LogP contribution in [0.3, 0.4) is 0 Å². The largest absolute Gasteiger partial charge is 0.396 e. The summed E-state index contributed by atoms with van der Waals surface area (Å²) in [6, 6.07) is 3.60. The Labute approximate surface area is 103 Å². The van der Waals surface area contributed by atoms with Crippen molar-refractivity contribution in [1.82, 2.24) is 9.97 Å². The minimum absolute atomic E-state index is 0.465. The van der Waals surface area contributed by atoms with Gasteiger partial charge in [-0.2, -0.15) is 5.26 Å². The maximum Gasteiger partial charge on any atom is 0.149 e. The highest BCUT2D eigenvalue weighted by atomic mass is 32.1. The first-order valence-electron chi connectivity index (χ1n) is 5.06. The molecule has 0 spiro atoms. The van der Waals surface area contributed by atoms with Crippen LogP contribution in [0.15, 0.2) is 23.2 Å². The number of thiazole rings is 1. The minimum atomic E-state index is 0.465. The van der Waals surface area contributed by atoms with E-state index in [2.05, 4.69) is 15.3 Å². The molecule has 5 nitrogen and oxygen atoms in total. The first-order valence-corrected chi connectivity index (χ1v) is 6.00. The van der Waals surface area contributed by atoms with Gasteiger partial charge in [-0.3, -0.25) is 0 Å². The predicted octanol–water partition coefficient (Wildman–Crippen LogP) is 1.65. The van der Waals surface area contributed by atoms with Gasteiger partial charge in [-0.25, -0.2) is 9.97 Å². The zero-order valence-corrected chi connectivity index (χ0v) is 9.87. The van der Waals surface area contributed by atoms with Gasteiger partial charge in [0.1, 0.15) is 11.9 Å². The average molecular weight is 245 g/mol. The van der Waals surface area contributed by atoms with Crippen molar-refractivity contribution < 1.29 is 0 Å². The molecule has 0 unspecified atom stereocenters. The van der Waals surface area contributed by atoms with Crippen LogP contribution in [0.5, 0.6) is 0 Å². The number of hydrogen-bond donors (Lipinski definition) is 2. The predicted molar refractivity (Wildman–Crippen MR) is 67.7 cm³/mol. The summed E-state index contributed by atoms with van der Waals surface area (Å²) in [5.41, 5.74) is 9.58. The minimum Gasteiger partial charge on any atom is -0.396 e. The van der Waals surface area contributed by atoms with Gasteiger partial charge in [0.05, 0.1) is 22.5 Å². The molecule has 0 radical (unpaired) electrons. The molecule has 86 valence electrons. The van der Waals surface area contributed by atoms with Crippen molar-refractivity contribution in [3.05, 3.63) is 34.4 Å². The van der Waals surface area contributed by atoms with Gasteiger partial charge >= 0.3 is 0 Å². The van der Waals surface area contributed by atoms with Crippen molar-refractivity contribution in [2.75, 3.05) is 17.6 Å². The number of nitriles is 1. The molecule has 2 aromatic rings. The second kappa shape index (κ2) is 5.27. The molecule has 0 aliphatic carbocycles. The van der Waals surface area contributed by atoms with Crippen LogP contribution in [0, 0.1) is 11.3 Å². The van der Waals surface area contributed by atoms with E-state index in [1.54, 1.807) is 17.4 Å². The third kappa shape index (κ3) is 2.92. The number of pyridine rings is 1. The number of nitrogen functional groups attached to an aromatic ring is 1. The van der Waals surface area contributed by atoms with Crippen LogP contribution in [0.4, 0.5) is 11.5 Å². The summed E-state index contributed by atoms with van der Waals surface area (Å²) >= 11 is 1.58. The van der Waals surface area contributed by atoms with Gasteiger partial charge in [0, 0.05) is 24.5 Å². The van der Waals surface area contributed by atoms with E-state index in [1.807, 2.05) is 17.0 Å². The highest BCUT2D eigenvalue weighted by molar-refractivity contribution is 7.07. The second-order valence-corrected chi connectivity index (χ2v) is 4.15. The van der Waals surface area contributed by atoms with Crippen molar-refractivity contribution in [3.8, 4) is 6.07 Å². The lowest BCUT2D eigenvalue weighted by Gasteiger charge is -2.07. The van der Waals surface area contributed by atoms with E-state index in [0.29, 0.717) is 23.6 Å². The second-order valence-electron chi connectivity index (χ2n) is 3.43. The van der Waals surface area contributed by atoms with Crippen molar-refractivity contribution in [3.63, 3.8) is 0 Å². The molecule has 0 fully saturated rings. The van der Waals surface area contributed by atoms with Crippen LogP contribution in [0.1, 0.15) is 11.3 Å². The molecule has 0 saturated heterocycles. The van der Waals surface area contributed by atoms with E-state index in [9.17, 15) is 0 Å². The lowest BCUT2D eigenvalue weighted by molar-refractivity contribution is 0.969. The zero-order chi connectivity index (χ0) is 12.1. The summed E-state index contributed by atoms with van der Waals surface area (Å²) in [5, 5.41) is 13.8. The molecule has 17 heavy (non-hydrogen) atoms. The van der Waals surface area contributed by atoms with E-state index in [0.717, 1.165) is 12.1 Å². The van der Waals surface area contributed by atoms with Crippen LogP contribution in [-0.4, -0.2) is 16.5 Å². The van der Waals surface area contributed by atoms with Gasteiger partial charge in [0.25, 0.3) is 0 Å². The molecule has 0 aromatic carbocycles. The van der Waals surface area contributed by atoms with Crippen LogP contribution < -0.4 is 11.1 Å². The summed E-state index contributed by atoms with van der Waals surface area (Å²) in [4.78, 5) is 8.27. The maximum atomic E-state index is 8.68. The van der Waals surface area contributed by atoms with Crippen LogP contribution in [0.2, 0.25) is 0 Å². The van der Waals surface area contributed by atoms with Crippen molar-refractivity contribution in [1.29, 1.82) is 5.26 Å². The fourth-order valence-corrected chi connectivity index (χ4v) is 1.95. The lowest BCUT2D eigenvalue weighted by Crippen LogP contribution is -2.08. The fourth-order valence-electron chi connectivity index (χ4n) is 1.36. The monoisotopic (exact) mass is 245 g/mol. The van der Waals surface area contributed by atoms with Gasteiger partial charge in [-0.1, -0.05) is 0 Å². The molecule has 6 heteroatoms. The molecular formula is C11H11N5S. The van der Waals surface area contributed by atoms with Gasteiger partial charge in [0.2, 0.25) is 0 Å². The summed E-state index contributed by atoms with van der Waals surface area (Å²) in [7, 11) is 0.